The largest absolute Gasteiger partial charge is 0.338 e. The zero-order chi connectivity index (χ0) is 12.8. The van der Waals surface area contributed by atoms with Crippen molar-refractivity contribution in [1.82, 2.24) is 4.90 Å². The van der Waals surface area contributed by atoms with Gasteiger partial charge in [-0.15, -0.1) is 11.3 Å². The van der Waals surface area contributed by atoms with Crippen LogP contribution in [0.3, 0.4) is 0 Å². The fourth-order valence-corrected chi connectivity index (χ4v) is 2.61. The van der Waals surface area contributed by atoms with Crippen LogP contribution in [0.2, 0.25) is 4.34 Å². The van der Waals surface area contributed by atoms with Crippen molar-refractivity contribution in [1.29, 1.82) is 0 Å². The average Bonchev–Trinajstić information content (AvgIpc) is 2.68. The SMILES string of the molecule is CCN(Cc1ccc(Cl)s1)C(=O)CCC(C)N. The Hall–Kier alpha value is -0.580. The molecule has 96 valence electrons. The quantitative estimate of drug-likeness (QED) is 0.867. The summed E-state index contributed by atoms with van der Waals surface area (Å²) < 4.78 is 0.763. The summed E-state index contributed by atoms with van der Waals surface area (Å²) >= 11 is 7.39. The van der Waals surface area contributed by atoms with Gasteiger partial charge in [0.1, 0.15) is 0 Å². The van der Waals surface area contributed by atoms with Crippen molar-refractivity contribution >= 4 is 28.8 Å². The summed E-state index contributed by atoms with van der Waals surface area (Å²) in [7, 11) is 0. The molecule has 0 fully saturated rings. The van der Waals surface area contributed by atoms with E-state index in [-0.39, 0.29) is 11.9 Å². The average molecular weight is 275 g/mol. The van der Waals surface area contributed by atoms with E-state index in [1.807, 2.05) is 30.9 Å². The van der Waals surface area contributed by atoms with Crippen molar-refractivity contribution in [2.75, 3.05) is 6.54 Å². The number of nitrogens with two attached hydrogens (primary N) is 1. The normalized spacial score (nSPS) is 12.5. The highest BCUT2D eigenvalue weighted by atomic mass is 35.5. The molecule has 3 nitrogen and oxygen atoms in total. The third-order valence-electron chi connectivity index (χ3n) is 2.52. The second-order valence-corrected chi connectivity index (χ2v) is 5.93. The van der Waals surface area contributed by atoms with Crippen LogP contribution in [0.1, 0.15) is 31.6 Å². The summed E-state index contributed by atoms with van der Waals surface area (Å²) in [5.41, 5.74) is 5.65. The van der Waals surface area contributed by atoms with Crippen molar-refractivity contribution in [3.8, 4) is 0 Å². The van der Waals surface area contributed by atoms with Crippen LogP contribution in [-0.2, 0) is 11.3 Å². The molecule has 0 saturated carbocycles. The molecular weight excluding hydrogens is 256 g/mol. The van der Waals surface area contributed by atoms with E-state index in [1.54, 1.807) is 0 Å². The summed E-state index contributed by atoms with van der Waals surface area (Å²) in [5, 5.41) is 0. The maximum atomic E-state index is 11.9. The number of hydrogen-bond acceptors (Lipinski definition) is 3. The Bertz CT molecular complexity index is 365. The van der Waals surface area contributed by atoms with Crippen LogP contribution in [0.25, 0.3) is 0 Å². The summed E-state index contributed by atoms with van der Waals surface area (Å²) in [6.07, 6.45) is 1.26. The molecule has 0 aliphatic heterocycles. The second kappa shape index (κ2) is 6.99. The minimum atomic E-state index is 0.0776. The van der Waals surface area contributed by atoms with Crippen LogP contribution in [0.15, 0.2) is 12.1 Å². The first-order valence-corrected chi connectivity index (χ1v) is 7.00. The lowest BCUT2D eigenvalue weighted by atomic mass is 10.2. The molecule has 0 saturated heterocycles. The molecule has 0 aliphatic carbocycles. The van der Waals surface area contributed by atoms with Gasteiger partial charge in [-0.25, -0.2) is 0 Å². The molecule has 1 unspecified atom stereocenters. The van der Waals surface area contributed by atoms with E-state index in [1.165, 1.54) is 11.3 Å². The number of nitrogens with zero attached hydrogens (tertiary/aromatic N) is 1. The van der Waals surface area contributed by atoms with Crippen molar-refractivity contribution < 1.29 is 4.79 Å². The molecule has 0 aliphatic rings. The van der Waals surface area contributed by atoms with Gasteiger partial charge in [0.2, 0.25) is 5.91 Å². The molecule has 1 atom stereocenters. The number of halogens is 1. The van der Waals surface area contributed by atoms with Gasteiger partial charge in [-0.05, 0) is 32.4 Å². The van der Waals surface area contributed by atoms with Crippen LogP contribution in [0.4, 0.5) is 0 Å². The third-order valence-corrected chi connectivity index (χ3v) is 3.74. The first-order chi connectivity index (χ1) is 8.02. The molecule has 0 bridgehead atoms. The zero-order valence-electron chi connectivity index (χ0n) is 10.3. The van der Waals surface area contributed by atoms with Crippen LogP contribution in [0.5, 0.6) is 0 Å². The standard InChI is InChI=1S/C12H19ClN2OS/c1-3-15(12(16)7-4-9(2)14)8-10-5-6-11(13)17-10/h5-6,9H,3-4,7-8,14H2,1-2H3. The minimum Gasteiger partial charge on any atom is -0.338 e. The van der Waals surface area contributed by atoms with E-state index >= 15 is 0 Å². The molecule has 1 aromatic rings. The van der Waals surface area contributed by atoms with E-state index in [0.29, 0.717) is 19.5 Å². The number of carbonyl (C=O) groups excluding carboxylic acids is 1. The fourth-order valence-electron chi connectivity index (χ4n) is 1.51. The van der Waals surface area contributed by atoms with Crippen LogP contribution >= 0.6 is 22.9 Å². The van der Waals surface area contributed by atoms with Crippen molar-refractivity contribution in [3.63, 3.8) is 0 Å². The topological polar surface area (TPSA) is 46.3 Å². The molecular formula is C12H19ClN2OS. The zero-order valence-corrected chi connectivity index (χ0v) is 11.9. The molecule has 0 spiro atoms. The first-order valence-electron chi connectivity index (χ1n) is 5.80. The van der Waals surface area contributed by atoms with Crippen molar-refractivity contribution in [3.05, 3.63) is 21.3 Å². The van der Waals surface area contributed by atoms with Gasteiger partial charge < -0.3 is 10.6 Å². The lowest BCUT2D eigenvalue weighted by Gasteiger charge is -2.20. The van der Waals surface area contributed by atoms with Gasteiger partial charge in [-0.2, -0.15) is 0 Å². The molecule has 2 N–H and O–H groups in total. The Morgan fingerprint density at radius 1 is 1.59 bits per heavy atom. The van der Waals surface area contributed by atoms with Crippen LogP contribution < -0.4 is 5.73 Å². The third kappa shape index (κ3) is 5.06. The van der Waals surface area contributed by atoms with Gasteiger partial charge in [0, 0.05) is 23.9 Å². The lowest BCUT2D eigenvalue weighted by Crippen LogP contribution is -2.31. The highest BCUT2D eigenvalue weighted by Crippen LogP contribution is 2.22. The van der Waals surface area contributed by atoms with Gasteiger partial charge in [0.25, 0.3) is 0 Å². The smallest absolute Gasteiger partial charge is 0.222 e. The number of carbonyl (C=O) groups is 1. The number of amides is 1. The van der Waals surface area contributed by atoms with Crippen LogP contribution in [0, 0.1) is 0 Å². The summed E-state index contributed by atoms with van der Waals surface area (Å²) in [6.45, 7) is 5.26. The van der Waals surface area contributed by atoms with Gasteiger partial charge >= 0.3 is 0 Å². The fraction of sp³-hybridized carbons (Fsp3) is 0.583. The van der Waals surface area contributed by atoms with E-state index in [4.69, 9.17) is 17.3 Å². The Kier molecular flexibility index (Phi) is 5.95. The Labute approximate surface area is 112 Å². The molecule has 1 rings (SSSR count). The highest BCUT2D eigenvalue weighted by molar-refractivity contribution is 7.16. The number of rotatable bonds is 6. The molecule has 17 heavy (non-hydrogen) atoms. The van der Waals surface area contributed by atoms with Crippen LogP contribution in [-0.4, -0.2) is 23.4 Å². The second-order valence-electron chi connectivity index (χ2n) is 4.13. The summed E-state index contributed by atoms with van der Waals surface area (Å²) in [4.78, 5) is 14.9. The maximum absolute atomic E-state index is 11.9. The Morgan fingerprint density at radius 2 is 2.29 bits per heavy atom. The van der Waals surface area contributed by atoms with Gasteiger partial charge in [-0.1, -0.05) is 11.6 Å². The summed E-state index contributed by atoms with van der Waals surface area (Å²) in [5.74, 6) is 0.161. The summed E-state index contributed by atoms with van der Waals surface area (Å²) in [6, 6.07) is 3.91. The number of hydrogen-bond donors (Lipinski definition) is 1. The molecule has 1 heterocycles. The van der Waals surface area contributed by atoms with E-state index < -0.39 is 0 Å². The Balaban J connectivity index is 2.50. The van der Waals surface area contributed by atoms with E-state index in [0.717, 1.165) is 15.6 Å². The predicted molar refractivity (Wildman–Crippen MR) is 73.3 cm³/mol. The maximum Gasteiger partial charge on any atom is 0.222 e. The van der Waals surface area contributed by atoms with Gasteiger partial charge in [0.05, 0.1) is 10.9 Å². The monoisotopic (exact) mass is 274 g/mol. The van der Waals surface area contributed by atoms with E-state index in [9.17, 15) is 4.79 Å². The van der Waals surface area contributed by atoms with Gasteiger partial charge in [-0.3, -0.25) is 4.79 Å². The predicted octanol–water partition coefficient (Wildman–Crippen LogP) is 2.88. The molecule has 5 heteroatoms. The molecule has 0 radical (unpaired) electrons. The minimum absolute atomic E-state index is 0.0776. The molecule has 1 amide bonds. The van der Waals surface area contributed by atoms with E-state index in [2.05, 4.69) is 0 Å². The Morgan fingerprint density at radius 3 is 2.76 bits per heavy atom. The van der Waals surface area contributed by atoms with Crippen molar-refractivity contribution in [2.45, 2.75) is 39.3 Å². The lowest BCUT2D eigenvalue weighted by molar-refractivity contribution is -0.131. The molecule has 0 aromatic carbocycles. The first kappa shape index (κ1) is 14.5. The van der Waals surface area contributed by atoms with Crippen molar-refractivity contribution in [2.24, 2.45) is 5.73 Å². The number of thiophene rings is 1. The van der Waals surface area contributed by atoms with Gasteiger partial charge in [0.15, 0.2) is 0 Å². The molecule has 1 aromatic heterocycles. The highest BCUT2D eigenvalue weighted by Gasteiger charge is 2.13.